The second-order valence-electron chi connectivity index (χ2n) is 9.79. The van der Waals surface area contributed by atoms with Gasteiger partial charge in [-0.2, -0.15) is 0 Å². The van der Waals surface area contributed by atoms with E-state index in [-0.39, 0.29) is 19.6 Å². The zero-order valence-corrected chi connectivity index (χ0v) is 22.0. The van der Waals surface area contributed by atoms with Gasteiger partial charge < -0.3 is 19.8 Å². The van der Waals surface area contributed by atoms with E-state index in [9.17, 15) is 23.4 Å². The first kappa shape index (κ1) is 28.6. The Morgan fingerprint density at radius 2 is 1.82 bits per heavy atom. The molecule has 0 aliphatic carbocycles. The second-order valence-corrected chi connectivity index (χ2v) is 11.0. The van der Waals surface area contributed by atoms with Gasteiger partial charge in [-0.25, -0.2) is 17.6 Å². The van der Waals surface area contributed by atoms with Crippen LogP contribution in [0.2, 0.25) is 0 Å². The summed E-state index contributed by atoms with van der Waals surface area (Å²) in [5.74, 6) is -2.71. The molecule has 10 heteroatoms. The number of aliphatic hydroxyl groups excluding tert-OH is 2. The van der Waals surface area contributed by atoms with E-state index in [0.29, 0.717) is 77.3 Å². The Morgan fingerprint density at radius 1 is 1.11 bits per heavy atom. The number of alkyl halides is 1. The maximum absolute atomic E-state index is 15.7. The molecular formula is C28H32F4N2O3S. The number of ether oxygens (including phenoxy) is 1. The summed E-state index contributed by atoms with van der Waals surface area (Å²) in [6.07, 6.45) is 2.23. The van der Waals surface area contributed by atoms with E-state index in [0.717, 1.165) is 12.1 Å². The molecule has 5 nitrogen and oxygen atoms in total. The van der Waals surface area contributed by atoms with E-state index in [2.05, 4.69) is 9.88 Å². The Balaban J connectivity index is 1.34. The number of nitrogens with zero attached hydrogens (tertiary/aromatic N) is 2. The van der Waals surface area contributed by atoms with E-state index >= 15 is 4.39 Å². The minimum Gasteiger partial charge on any atom is -0.497 e. The van der Waals surface area contributed by atoms with Crippen LogP contribution in [-0.2, 0) is 6.61 Å². The van der Waals surface area contributed by atoms with Crippen molar-refractivity contribution in [3.8, 4) is 5.75 Å². The van der Waals surface area contributed by atoms with Gasteiger partial charge in [0, 0.05) is 46.5 Å². The molecule has 0 amide bonds. The molecule has 206 valence electrons. The summed E-state index contributed by atoms with van der Waals surface area (Å²) in [5.41, 5.74) is 1.06. The number of likely N-dealkylation sites (tertiary alicyclic amines) is 1. The summed E-state index contributed by atoms with van der Waals surface area (Å²) >= 11 is 1.25. The Labute approximate surface area is 223 Å². The number of piperidine rings is 1. The van der Waals surface area contributed by atoms with E-state index in [1.165, 1.54) is 25.1 Å². The fraction of sp³-hybridized carbons (Fsp3) is 0.464. The highest BCUT2D eigenvalue weighted by atomic mass is 32.2. The van der Waals surface area contributed by atoms with Crippen LogP contribution in [0.25, 0.3) is 10.9 Å². The minimum atomic E-state index is -1.47. The predicted octanol–water partition coefficient (Wildman–Crippen LogP) is 5.81. The van der Waals surface area contributed by atoms with Crippen molar-refractivity contribution >= 4 is 22.7 Å². The van der Waals surface area contributed by atoms with Gasteiger partial charge >= 0.3 is 0 Å². The molecule has 1 fully saturated rings. The summed E-state index contributed by atoms with van der Waals surface area (Å²) in [5, 5.41) is 20.7. The summed E-state index contributed by atoms with van der Waals surface area (Å²) in [7, 11) is 1.54. The van der Waals surface area contributed by atoms with Crippen molar-refractivity contribution in [2.45, 2.75) is 43.4 Å². The van der Waals surface area contributed by atoms with Crippen LogP contribution in [0.1, 0.15) is 43.0 Å². The van der Waals surface area contributed by atoms with Gasteiger partial charge in [0.05, 0.1) is 19.2 Å². The number of halogens is 4. The molecule has 1 aliphatic rings. The molecule has 0 unspecified atom stereocenters. The van der Waals surface area contributed by atoms with Gasteiger partial charge in [0.2, 0.25) is 0 Å². The number of benzene rings is 2. The lowest BCUT2D eigenvalue weighted by Crippen LogP contribution is -2.42. The number of pyridine rings is 1. The van der Waals surface area contributed by atoms with Crippen molar-refractivity contribution in [2.75, 3.05) is 39.1 Å². The van der Waals surface area contributed by atoms with Crippen LogP contribution in [0.15, 0.2) is 41.4 Å². The second kappa shape index (κ2) is 12.6. The van der Waals surface area contributed by atoms with Gasteiger partial charge in [0.15, 0.2) is 17.5 Å². The molecule has 3 aromatic rings. The molecule has 1 saturated heterocycles. The van der Waals surface area contributed by atoms with Crippen LogP contribution in [0.5, 0.6) is 5.75 Å². The molecule has 0 saturated carbocycles. The number of hydrogen-bond donors (Lipinski definition) is 2. The highest BCUT2D eigenvalue weighted by Gasteiger charge is 2.35. The van der Waals surface area contributed by atoms with Gasteiger partial charge in [-0.05, 0) is 74.5 Å². The topological polar surface area (TPSA) is 65.8 Å². The molecule has 0 bridgehead atoms. The number of hydrogen-bond acceptors (Lipinski definition) is 6. The average molecular weight is 553 g/mol. The third-order valence-electron chi connectivity index (χ3n) is 7.50. The lowest BCUT2D eigenvalue weighted by atomic mass is 9.74. The monoisotopic (exact) mass is 552 g/mol. The fourth-order valence-corrected chi connectivity index (χ4v) is 6.04. The average Bonchev–Trinajstić information content (AvgIpc) is 2.94. The summed E-state index contributed by atoms with van der Waals surface area (Å²) in [4.78, 5) is 6.87. The van der Waals surface area contributed by atoms with E-state index in [4.69, 9.17) is 4.74 Å². The Bertz CT molecular complexity index is 1230. The van der Waals surface area contributed by atoms with Crippen molar-refractivity contribution in [3.05, 3.63) is 65.1 Å². The van der Waals surface area contributed by atoms with Crippen LogP contribution in [0.3, 0.4) is 0 Å². The quantitative estimate of drug-likeness (QED) is 0.178. The predicted molar refractivity (Wildman–Crippen MR) is 140 cm³/mol. The van der Waals surface area contributed by atoms with Crippen molar-refractivity contribution in [1.82, 2.24) is 9.88 Å². The first-order valence-electron chi connectivity index (χ1n) is 12.6. The molecule has 38 heavy (non-hydrogen) atoms. The summed E-state index contributed by atoms with van der Waals surface area (Å²) < 4.78 is 61.0. The van der Waals surface area contributed by atoms with E-state index < -0.39 is 29.0 Å². The fourth-order valence-electron chi connectivity index (χ4n) is 5.08. The molecule has 2 heterocycles. The van der Waals surface area contributed by atoms with Gasteiger partial charge in [0.1, 0.15) is 11.9 Å². The molecule has 0 spiro atoms. The molecule has 4 rings (SSSR count). The smallest absolute Gasteiger partial charge is 0.194 e. The Kier molecular flexibility index (Phi) is 9.51. The maximum atomic E-state index is 15.7. The molecule has 0 radical (unpaired) electrons. The Morgan fingerprint density at radius 3 is 2.45 bits per heavy atom. The number of rotatable bonds is 11. The van der Waals surface area contributed by atoms with Crippen LogP contribution in [-0.4, -0.2) is 59.2 Å². The highest BCUT2D eigenvalue weighted by Crippen LogP contribution is 2.41. The lowest BCUT2D eigenvalue weighted by molar-refractivity contribution is 0.0322. The first-order valence-corrected chi connectivity index (χ1v) is 13.6. The van der Waals surface area contributed by atoms with Crippen LogP contribution in [0.4, 0.5) is 17.6 Å². The maximum Gasteiger partial charge on any atom is 0.194 e. The molecule has 1 aliphatic heterocycles. The third kappa shape index (κ3) is 6.42. The van der Waals surface area contributed by atoms with Gasteiger partial charge in [0.25, 0.3) is 0 Å². The van der Waals surface area contributed by atoms with Gasteiger partial charge in [-0.15, -0.1) is 11.8 Å². The molecule has 1 atom stereocenters. The van der Waals surface area contributed by atoms with Gasteiger partial charge in [-0.3, -0.25) is 4.98 Å². The van der Waals surface area contributed by atoms with Crippen LogP contribution >= 0.6 is 11.8 Å². The Hall–Kier alpha value is -2.40. The normalized spacial score (nSPS) is 16.6. The number of thioether (sulfide) groups is 1. The number of aliphatic hydroxyl groups is 2. The third-order valence-corrected chi connectivity index (χ3v) is 8.45. The summed E-state index contributed by atoms with van der Waals surface area (Å²) in [6, 6.07) is 7.24. The largest absolute Gasteiger partial charge is 0.497 e. The standard InChI is InChI=1S/C28H32F4N2O3S/c1-37-19-2-3-25-21(12-19)26(18(16-35)15-33-25)22(29)4-5-28(17-36)6-8-34(9-7-28)10-11-38-20-13-23(30)27(32)24(31)14-20/h2-3,12-15,22,35-36H,4-11,16-17H2,1H3/t22-/m0/s1. The zero-order valence-electron chi connectivity index (χ0n) is 21.2. The van der Waals surface area contributed by atoms with Gasteiger partial charge in [-0.1, -0.05) is 0 Å². The van der Waals surface area contributed by atoms with Crippen molar-refractivity contribution in [1.29, 1.82) is 0 Å². The van der Waals surface area contributed by atoms with Crippen LogP contribution in [0, 0.1) is 22.9 Å². The number of aromatic nitrogens is 1. The lowest BCUT2D eigenvalue weighted by Gasteiger charge is -2.41. The first-order chi connectivity index (χ1) is 18.3. The molecule has 2 aromatic carbocycles. The van der Waals surface area contributed by atoms with Crippen molar-refractivity contribution < 1.29 is 32.5 Å². The van der Waals surface area contributed by atoms with E-state index in [1.54, 1.807) is 18.2 Å². The van der Waals surface area contributed by atoms with Crippen molar-refractivity contribution in [3.63, 3.8) is 0 Å². The summed E-state index contributed by atoms with van der Waals surface area (Å²) in [6.45, 7) is 1.71. The molecular weight excluding hydrogens is 520 g/mol. The molecule has 2 N–H and O–H groups in total. The highest BCUT2D eigenvalue weighted by molar-refractivity contribution is 7.99. The number of methoxy groups -OCH3 is 1. The number of fused-ring (bicyclic) bond motifs is 1. The minimum absolute atomic E-state index is 0.0474. The van der Waals surface area contributed by atoms with Crippen LogP contribution < -0.4 is 4.74 Å². The zero-order chi connectivity index (χ0) is 27.3. The SMILES string of the molecule is COc1ccc2ncc(CO)c([C@@H](F)CCC3(CO)CCN(CCSc4cc(F)c(F)c(F)c4)CC3)c2c1. The van der Waals surface area contributed by atoms with Crippen molar-refractivity contribution in [2.24, 2.45) is 5.41 Å². The van der Waals surface area contributed by atoms with E-state index in [1.807, 2.05) is 0 Å². The molecule has 1 aromatic heterocycles.